The van der Waals surface area contributed by atoms with Crippen molar-refractivity contribution in [1.29, 1.82) is 0 Å². The summed E-state index contributed by atoms with van der Waals surface area (Å²) < 4.78 is 2.07. The predicted molar refractivity (Wildman–Crippen MR) is 51.1 cm³/mol. The molecule has 0 aromatic carbocycles. The van der Waals surface area contributed by atoms with Crippen LogP contribution in [0.2, 0.25) is 0 Å². The summed E-state index contributed by atoms with van der Waals surface area (Å²) in [5, 5.41) is 8.59. The van der Waals surface area contributed by atoms with Gasteiger partial charge in [-0.05, 0) is 19.3 Å². The summed E-state index contributed by atoms with van der Waals surface area (Å²) in [4.78, 5) is 4.12. The molecule has 0 aliphatic carbocycles. The van der Waals surface area contributed by atoms with E-state index in [2.05, 4.69) is 9.55 Å². The smallest absolute Gasteiger partial charge is 0.122 e. The largest absolute Gasteiger partial charge is 0.396 e. The fraction of sp³-hybridized carbons (Fsp3) is 0.667. The second kappa shape index (κ2) is 5.72. The topological polar surface area (TPSA) is 64.1 Å². The van der Waals surface area contributed by atoms with Crippen LogP contribution in [0.15, 0.2) is 12.4 Å². The molecule has 3 N–H and O–H groups in total. The van der Waals surface area contributed by atoms with Gasteiger partial charge in [0.1, 0.15) is 5.82 Å². The Balaban J connectivity index is 2.27. The van der Waals surface area contributed by atoms with Crippen LogP contribution >= 0.6 is 0 Å². The number of aryl methyl sites for hydroxylation is 1. The number of imidazole rings is 1. The van der Waals surface area contributed by atoms with Crippen molar-refractivity contribution in [2.75, 3.05) is 6.61 Å². The fourth-order valence-electron chi connectivity index (χ4n) is 1.30. The van der Waals surface area contributed by atoms with Crippen molar-refractivity contribution < 1.29 is 5.11 Å². The van der Waals surface area contributed by atoms with Crippen LogP contribution in [0.3, 0.4) is 0 Å². The molecule has 0 atom stereocenters. The first-order valence-corrected chi connectivity index (χ1v) is 4.69. The van der Waals surface area contributed by atoms with Gasteiger partial charge in [-0.25, -0.2) is 4.98 Å². The van der Waals surface area contributed by atoms with E-state index in [0.29, 0.717) is 6.54 Å². The van der Waals surface area contributed by atoms with Crippen LogP contribution in [-0.2, 0) is 13.1 Å². The van der Waals surface area contributed by atoms with E-state index >= 15 is 0 Å². The third kappa shape index (κ3) is 3.16. The number of aliphatic hydroxyl groups is 1. The van der Waals surface area contributed by atoms with Gasteiger partial charge >= 0.3 is 0 Å². The summed E-state index contributed by atoms with van der Waals surface area (Å²) in [5.41, 5.74) is 5.50. The van der Waals surface area contributed by atoms with Gasteiger partial charge < -0.3 is 15.4 Å². The number of nitrogens with two attached hydrogens (primary N) is 1. The standard InChI is InChI=1S/C9H17N3O/c10-8-9-11-4-6-12(9)5-2-1-3-7-13/h4,6,13H,1-3,5,7-8,10H2. The van der Waals surface area contributed by atoms with Crippen LogP contribution in [0.25, 0.3) is 0 Å². The van der Waals surface area contributed by atoms with Crippen molar-refractivity contribution in [1.82, 2.24) is 9.55 Å². The van der Waals surface area contributed by atoms with Crippen LogP contribution in [0.4, 0.5) is 0 Å². The molecular weight excluding hydrogens is 166 g/mol. The van der Waals surface area contributed by atoms with Crippen molar-refractivity contribution >= 4 is 0 Å². The molecule has 0 aliphatic heterocycles. The molecule has 4 nitrogen and oxygen atoms in total. The highest BCUT2D eigenvalue weighted by Crippen LogP contribution is 2.01. The molecule has 0 saturated carbocycles. The zero-order chi connectivity index (χ0) is 9.52. The number of aromatic nitrogens is 2. The third-order valence-corrected chi connectivity index (χ3v) is 2.04. The Morgan fingerprint density at radius 2 is 2.23 bits per heavy atom. The van der Waals surface area contributed by atoms with E-state index < -0.39 is 0 Å². The summed E-state index contributed by atoms with van der Waals surface area (Å²) in [7, 11) is 0. The molecule has 1 rings (SSSR count). The first kappa shape index (κ1) is 10.2. The van der Waals surface area contributed by atoms with Gasteiger partial charge in [0, 0.05) is 25.5 Å². The van der Waals surface area contributed by atoms with Gasteiger partial charge in [0.05, 0.1) is 6.54 Å². The maximum absolute atomic E-state index is 8.59. The highest BCUT2D eigenvalue weighted by Gasteiger charge is 1.98. The fourth-order valence-corrected chi connectivity index (χ4v) is 1.30. The van der Waals surface area contributed by atoms with Crippen LogP contribution < -0.4 is 5.73 Å². The van der Waals surface area contributed by atoms with E-state index in [1.807, 2.05) is 6.20 Å². The highest BCUT2D eigenvalue weighted by atomic mass is 16.2. The minimum absolute atomic E-state index is 0.285. The van der Waals surface area contributed by atoms with Gasteiger partial charge in [0.15, 0.2) is 0 Å². The monoisotopic (exact) mass is 183 g/mol. The molecule has 0 fully saturated rings. The second-order valence-electron chi connectivity index (χ2n) is 3.03. The van der Waals surface area contributed by atoms with Crippen molar-refractivity contribution in [2.45, 2.75) is 32.4 Å². The van der Waals surface area contributed by atoms with Gasteiger partial charge in [-0.3, -0.25) is 0 Å². The average Bonchev–Trinajstić information content (AvgIpc) is 2.60. The zero-order valence-electron chi connectivity index (χ0n) is 7.82. The van der Waals surface area contributed by atoms with Crippen molar-refractivity contribution in [3.8, 4) is 0 Å². The van der Waals surface area contributed by atoms with E-state index in [0.717, 1.165) is 31.6 Å². The number of hydrogen-bond acceptors (Lipinski definition) is 3. The van der Waals surface area contributed by atoms with E-state index in [4.69, 9.17) is 10.8 Å². The van der Waals surface area contributed by atoms with Gasteiger partial charge in [-0.15, -0.1) is 0 Å². The second-order valence-corrected chi connectivity index (χ2v) is 3.03. The Morgan fingerprint density at radius 1 is 1.38 bits per heavy atom. The van der Waals surface area contributed by atoms with Crippen molar-refractivity contribution in [3.63, 3.8) is 0 Å². The molecule has 74 valence electrons. The summed E-state index contributed by atoms with van der Waals surface area (Å²) in [6, 6.07) is 0. The minimum Gasteiger partial charge on any atom is -0.396 e. The molecule has 0 aliphatic rings. The summed E-state index contributed by atoms with van der Waals surface area (Å²) in [6.45, 7) is 1.73. The number of rotatable bonds is 6. The molecule has 1 aromatic rings. The molecule has 0 unspecified atom stereocenters. The normalized spacial score (nSPS) is 10.6. The van der Waals surface area contributed by atoms with Gasteiger partial charge in [-0.1, -0.05) is 0 Å². The van der Waals surface area contributed by atoms with E-state index in [9.17, 15) is 0 Å². The van der Waals surface area contributed by atoms with Crippen molar-refractivity contribution in [2.24, 2.45) is 5.73 Å². The summed E-state index contributed by atoms with van der Waals surface area (Å²) in [6.07, 6.45) is 6.73. The SMILES string of the molecule is NCc1nccn1CCCCCO. The molecule has 0 amide bonds. The third-order valence-electron chi connectivity index (χ3n) is 2.04. The molecule has 1 aromatic heterocycles. The summed E-state index contributed by atoms with van der Waals surface area (Å²) >= 11 is 0. The number of aliphatic hydroxyl groups excluding tert-OH is 1. The molecule has 0 bridgehead atoms. The zero-order valence-corrected chi connectivity index (χ0v) is 7.82. The average molecular weight is 183 g/mol. The number of unbranched alkanes of at least 4 members (excludes halogenated alkanes) is 2. The Bertz CT molecular complexity index is 235. The van der Waals surface area contributed by atoms with E-state index in [-0.39, 0.29) is 6.61 Å². The molecular formula is C9H17N3O. The lowest BCUT2D eigenvalue weighted by molar-refractivity contribution is 0.281. The van der Waals surface area contributed by atoms with Gasteiger partial charge in [-0.2, -0.15) is 0 Å². The van der Waals surface area contributed by atoms with Crippen LogP contribution in [-0.4, -0.2) is 21.3 Å². The minimum atomic E-state index is 0.285. The molecule has 0 saturated heterocycles. The van der Waals surface area contributed by atoms with E-state index in [1.54, 1.807) is 6.20 Å². The Hall–Kier alpha value is -0.870. The molecule has 13 heavy (non-hydrogen) atoms. The molecule has 1 heterocycles. The molecule has 0 radical (unpaired) electrons. The van der Waals surface area contributed by atoms with Crippen LogP contribution in [0.5, 0.6) is 0 Å². The molecule has 4 heteroatoms. The Labute approximate surface area is 78.4 Å². The van der Waals surface area contributed by atoms with Gasteiger partial charge in [0.25, 0.3) is 0 Å². The lowest BCUT2D eigenvalue weighted by Crippen LogP contribution is -2.08. The van der Waals surface area contributed by atoms with Crippen LogP contribution in [0.1, 0.15) is 25.1 Å². The lowest BCUT2D eigenvalue weighted by atomic mass is 10.2. The number of hydrogen-bond donors (Lipinski definition) is 2. The first-order valence-electron chi connectivity index (χ1n) is 4.69. The molecule has 0 spiro atoms. The Kier molecular flexibility index (Phi) is 4.49. The summed E-state index contributed by atoms with van der Waals surface area (Å²) in [5.74, 6) is 0.934. The van der Waals surface area contributed by atoms with E-state index in [1.165, 1.54) is 0 Å². The number of nitrogens with zero attached hydrogens (tertiary/aromatic N) is 2. The maximum atomic E-state index is 8.59. The first-order chi connectivity index (χ1) is 6.38. The highest BCUT2D eigenvalue weighted by molar-refractivity contribution is 4.90. The Morgan fingerprint density at radius 3 is 2.92 bits per heavy atom. The maximum Gasteiger partial charge on any atom is 0.122 e. The quantitative estimate of drug-likeness (QED) is 0.631. The van der Waals surface area contributed by atoms with Crippen LogP contribution in [0, 0.1) is 0 Å². The van der Waals surface area contributed by atoms with Crippen molar-refractivity contribution in [3.05, 3.63) is 18.2 Å². The lowest BCUT2D eigenvalue weighted by Gasteiger charge is -2.05. The predicted octanol–water partition coefficient (Wildman–Crippen LogP) is 0.504. The van der Waals surface area contributed by atoms with Gasteiger partial charge in [0.2, 0.25) is 0 Å².